The van der Waals surface area contributed by atoms with Gasteiger partial charge < -0.3 is 19.9 Å². The van der Waals surface area contributed by atoms with Crippen molar-refractivity contribution in [2.75, 3.05) is 36.0 Å². The van der Waals surface area contributed by atoms with Gasteiger partial charge in [0, 0.05) is 37.6 Å². The van der Waals surface area contributed by atoms with Crippen molar-refractivity contribution < 1.29 is 22.7 Å². The minimum atomic E-state index is -4.42. The van der Waals surface area contributed by atoms with Crippen LogP contribution in [0.3, 0.4) is 0 Å². The van der Waals surface area contributed by atoms with Crippen molar-refractivity contribution >= 4 is 17.3 Å². The second kappa shape index (κ2) is 8.85. The molecule has 1 aromatic heterocycles. The molecule has 0 spiro atoms. The number of pyridine rings is 1. The van der Waals surface area contributed by atoms with Gasteiger partial charge in [-0.15, -0.1) is 0 Å². The molecule has 1 aromatic carbocycles. The number of rotatable bonds is 5. The summed E-state index contributed by atoms with van der Waals surface area (Å²) in [6, 6.07) is 9.57. The topological polar surface area (TPSA) is 57.7 Å². The average Bonchev–Trinajstić information content (AvgIpc) is 3.28. The van der Waals surface area contributed by atoms with Crippen molar-refractivity contribution in [1.82, 2.24) is 10.3 Å². The lowest BCUT2D eigenvalue weighted by Crippen LogP contribution is -2.54. The fraction of sp³-hybridized carbons (Fsp3) is 0.500. The zero-order chi connectivity index (χ0) is 23.0. The highest BCUT2D eigenvalue weighted by atomic mass is 19.4. The molecule has 6 nitrogen and oxygen atoms in total. The fourth-order valence-corrected chi connectivity index (χ4v) is 5.00. The predicted octanol–water partition coefficient (Wildman–Crippen LogP) is 3.41. The summed E-state index contributed by atoms with van der Waals surface area (Å²) in [7, 11) is 0. The van der Waals surface area contributed by atoms with Crippen molar-refractivity contribution in [3.8, 4) is 0 Å². The van der Waals surface area contributed by atoms with Crippen LogP contribution in [0.25, 0.3) is 0 Å². The van der Waals surface area contributed by atoms with Crippen LogP contribution in [-0.4, -0.2) is 55.3 Å². The van der Waals surface area contributed by atoms with Gasteiger partial charge in [0.05, 0.1) is 42.6 Å². The third-order valence-corrected chi connectivity index (χ3v) is 6.79. The van der Waals surface area contributed by atoms with E-state index in [9.17, 15) is 18.0 Å². The maximum Gasteiger partial charge on any atom is 0.417 e. The number of alkyl halides is 3. The van der Waals surface area contributed by atoms with Gasteiger partial charge in [-0.2, -0.15) is 13.2 Å². The maximum absolute atomic E-state index is 13.0. The summed E-state index contributed by atoms with van der Waals surface area (Å²) in [4.78, 5) is 20.5. The monoisotopic (exact) mass is 460 g/mol. The number of morpholine rings is 1. The highest BCUT2D eigenvalue weighted by Crippen LogP contribution is 2.32. The number of amides is 1. The number of fused-ring (bicyclic) bond motifs is 3. The second-order valence-electron chi connectivity index (χ2n) is 9.11. The van der Waals surface area contributed by atoms with Gasteiger partial charge in [-0.25, -0.2) is 0 Å². The van der Waals surface area contributed by atoms with E-state index in [-0.39, 0.29) is 18.4 Å². The SMILES string of the molecule is O=C(Cc1ccc(N2C[C@@H]3CC[C@H]2CO3)cc1)N[C@@H]1CCN(c2cncc(C(F)(F)F)c2)C1. The Morgan fingerprint density at radius 1 is 1.09 bits per heavy atom. The van der Waals surface area contributed by atoms with Gasteiger partial charge in [0.1, 0.15) is 0 Å². The molecule has 6 rings (SSSR count). The highest BCUT2D eigenvalue weighted by molar-refractivity contribution is 5.79. The molecule has 1 amide bonds. The number of carbonyl (C=O) groups excluding carboxylic acids is 1. The molecule has 4 aliphatic heterocycles. The maximum atomic E-state index is 13.0. The van der Waals surface area contributed by atoms with Crippen LogP contribution in [0.1, 0.15) is 30.4 Å². The Labute approximate surface area is 190 Å². The van der Waals surface area contributed by atoms with Crippen LogP contribution in [0, 0.1) is 0 Å². The van der Waals surface area contributed by atoms with Gasteiger partial charge >= 0.3 is 6.18 Å². The van der Waals surface area contributed by atoms with Crippen LogP contribution in [-0.2, 0) is 22.1 Å². The van der Waals surface area contributed by atoms with E-state index in [4.69, 9.17) is 4.74 Å². The number of ether oxygens (including phenoxy) is 1. The van der Waals surface area contributed by atoms with Gasteiger partial charge in [0.25, 0.3) is 0 Å². The molecule has 2 bridgehead atoms. The molecule has 2 aromatic rings. The number of benzene rings is 1. The normalized spacial score (nSPS) is 24.9. The fourth-order valence-electron chi connectivity index (χ4n) is 5.00. The first kappa shape index (κ1) is 22.0. The molecule has 3 atom stereocenters. The molecule has 0 saturated carbocycles. The van der Waals surface area contributed by atoms with Crippen molar-refractivity contribution in [2.45, 2.75) is 50.0 Å². The Balaban J connectivity index is 1.14. The molecule has 0 aliphatic carbocycles. The van der Waals surface area contributed by atoms with Crippen LogP contribution >= 0.6 is 0 Å². The number of piperidine rings is 1. The van der Waals surface area contributed by atoms with Crippen molar-refractivity contribution in [3.63, 3.8) is 0 Å². The number of halogens is 3. The van der Waals surface area contributed by atoms with E-state index in [0.717, 1.165) is 43.8 Å². The van der Waals surface area contributed by atoms with Gasteiger partial charge in [0.2, 0.25) is 5.91 Å². The summed E-state index contributed by atoms with van der Waals surface area (Å²) in [5.41, 5.74) is 1.76. The molecule has 0 unspecified atom stereocenters. The van der Waals surface area contributed by atoms with Crippen LogP contribution in [0.2, 0.25) is 0 Å². The third-order valence-electron chi connectivity index (χ3n) is 6.79. The smallest absolute Gasteiger partial charge is 0.374 e. The predicted molar refractivity (Wildman–Crippen MR) is 118 cm³/mol. The molecule has 5 heterocycles. The highest BCUT2D eigenvalue weighted by Gasteiger charge is 2.35. The van der Waals surface area contributed by atoms with E-state index >= 15 is 0 Å². The first-order valence-corrected chi connectivity index (χ1v) is 11.4. The first-order chi connectivity index (χ1) is 15.8. The lowest BCUT2D eigenvalue weighted by atomic mass is 9.96. The molecule has 4 saturated heterocycles. The summed E-state index contributed by atoms with van der Waals surface area (Å²) in [5, 5.41) is 3.02. The van der Waals surface area contributed by atoms with Crippen molar-refractivity contribution in [2.24, 2.45) is 0 Å². The van der Waals surface area contributed by atoms with Gasteiger partial charge in [0.15, 0.2) is 0 Å². The Morgan fingerprint density at radius 2 is 1.91 bits per heavy atom. The number of anilines is 2. The lowest BCUT2D eigenvalue weighted by molar-refractivity contribution is -0.137. The molecule has 176 valence electrons. The van der Waals surface area contributed by atoms with E-state index in [0.29, 0.717) is 37.3 Å². The standard InChI is InChI=1S/C24H27F3N4O2/c25-24(26,27)17-10-21(12-28-11-17)30-8-7-18(13-30)29-23(32)9-16-1-3-19(4-2-16)31-14-22-6-5-20(31)15-33-22/h1-4,10-12,18,20,22H,5-9,13-15H2,(H,29,32)/t18-,20+,22+/m1/s1. The largest absolute Gasteiger partial charge is 0.417 e. The summed E-state index contributed by atoms with van der Waals surface area (Å²) >= 11 is 0. The van der Waals surface area contributed by atoms with Crippen LogP contribution in [0.4, 0.5) is 24.5 Å². The Morgan fingerprint density at radius 3 is 2.58 bits per heavy atom. The minimum Gasteiger partial charge on any atom is -0.374 e. The Hall–Kier alpha value is -2.81. The molecule has 33 heavy (non-hydrogen) atoms. The van der Waals surface area contributed by atoms with Crippen LogP contribution in [0.5, 0.6) is 0 Å². The Kier molecular flexibility index (Phi) is 5.90. The molecule has 4 aliphatic rings. The summed E-state index contributed by atoms with van der Waals surface area (Å²) in [5.74, 6) is -0.0813. The number of hydrogen-bond donors (Lipinski definition) is 1. The second-order valence-corrected chi connectivity index (χ2v) is 9.11. The van der Waals surface area contributed by atoms with Crippen LogP contribution < -0.4 is 15.1 Å². The molecule has 4 fully saturated rings. The summed E-state index contributed by atoms with van der Waals surface area (Å²) in [6.07, 6.45) is 1.39. The number of nitrogens with one attached hydrogen (secondary N) is 1. The zero-order valence-electron chi connectivity index (χ0n) is 18.2. The minimum absolute atomic E-state index is 0.0813. The number of hydrogen-bond acceptors (Lipinski definition) is 5. The van der Waals surface area contributed by atoms with Gasteiger partial charge in [-0.1, -0.05) is 12.1 Å². The zero-order valence-corrected chi connectivity index (χ0v) is 18.2. The molecule has 9 heteroatoms. The number of nitrogens with zero attached hydrogens (tertiary/aromatic N) is 3. The molecule has 0 radical (unpaired) electrons. The van der Waals surface area contributed by atoms with E-state index in [1.807, 2.05) is 17.0 Å². The van der Waals surface area contributed by atoms with E-state index in [2.05, 4.69) is 27.3 Å². The molecule has 1 N–H and O–H groups in total. The number of aromatic nitrogens is 1. The van der Waals surface area contributed by atoms with E-state index in [1.165, 1.54) is 11.9 Å². The lowest BCUT2D eigenvalue weighted by Gasteiger charge is -2.46. The average molecular weight is 461 g/mol. The van der Waals surface area contributed by atoms with Crippen molar-refractivity contribution in [3.05, 3.63) is 53.9 Å². The number of carbonyl (C=O) groups is 1. The van der Waals surface area contributed by atoms with Crippen LogP contribution in [0.15, 0.2) is 42.7 Å². The quantitative estimate of drug-likeness (QED) is 0.741. The molecular weight excluding hydrogens is 433 g/mol. The van der Waals surface area contributed by atoms with E-state index < -0.39 is 11.7 Å². The summed E-state index contributed by atoms with van der Waals surface area (Å²) < 4.78 is 44.6. The van der Waals surface area contributed by atoms with Gasteiger partial charge in [-0.05, 0) is 43.0 Å². The Bertz CT molecular complexity index is 990. The van der Waals surface area contributed by atoms with E-state index in [1.54, 1.807) is 0 Å². The molecular formula is C24H27F3N4O2. The van der Waals surface area contributed by atoms with Gasteiger partial charge in [-0.3, -0.25) is 9.78 Å². The first-order valence-electron chi connectivity index (χ1n) is 11.4. The third kappa shape index (κ3) is 4.93. The van der Waals surface area contributed by atoms with Crippen molar-refractivity contribution in [1.29, 1.82) is 0 Å². The summed E-state index contributed by atoms with van der Waals surface area (Å²) in [6.45, 7) is 2.74.